The fraction of sp³-hybridized carbons (Fsp3) is 0.875. The second-order valence-electron chi connectivity index (χ2n) is 7.40. The SMILES string of the molecule is CCCCN1C(=O)C2(CCCC2)NC(=O)C1C(C)(C)C. The highest BCUT2D eigenvalue weighted by atomic mass is 16.2. The van der Waals surface area contributed by atoms with Crippen molar-refractivity contribution in [2.45, 2.75) is 77.8 Å². The van der Waals surface area contributed by atoms with E-state index in [-0.39, 0.29) is 23.3 Å². The summed E-state index contributed by atoms with van der Waals surface area (Å²) < 4.78 is 0. The maximum Gasteiger partial charge on any atom is 0.249 e. The van der Waals surface area contributed by atoms with Crippen LogP contribution >= 0.6 is 0 Å². The molecule has 2 amide bonds. The van der Waals surface area contributed by atoms with Crippen molar-refractivity contribution in [2.24, 2.45) is 5.41 Å². The van der Waals surface area contributed by atoms with E-state index < -0.39 is 5.54 Å². The monoisotopic (exact) mass is 280 g/mol. The molecule has 1 aliphatic heterocycles. The highest BCUT2D eigenvalue weighted by Gasteiger charge is 2.54. The van der Waals surface area contributed by atoms with Crippen LogP contribution in [0.4, 0.5) is 0 Å². The van der Waals surface area contributed by atoms with Crippen molar-refractivity contribution < 1.29 is 9.59 Å². The molecule has 1 N–H and O–H groups in total. The minimum Gasteiger partial charge on any atom is -0.340 e. The van der Waals surface area contributed by atoms with Gasteiger partial charge in [-0.2, -0.15) is 0 Å². The molecular weight excluding hydrogens is 252 g/mol. The third-order valence-corrected chi connectivity index (χ3v) is 4.62. The molecule has 0 aromatic carbocycles. The zero-order valence-corrected chi connectivity index (χ0v) is 13.3. The number of hydrogen-bond acceptors (Lipinski definition) is 2. The fourth-order valence-electron chi connectivity index (χ4n) is 3.63. The van der Waals surface area contributed by atoms with Gasteiger partial charge < -0.3 is 10.2 Å². The van der Waals surface area contributed by atoms with Crippen molar-refractivity contribution >= 4 is 11.8 Å². The number of nitrogens with zero attached hydrogens (tertiary/aromatic N) is 1. The van der Waals surface area contributed by atoms with E-state index in [4.69, 9.17) is 0 Å². The molecule has 1 saturated heterocycles. The molecule has 0 bridgehead atoms. The molecule has 2 rings (SSSR count). The third-order valence-electron chi connectivity index (χ3n) is 4.62. The minimum absolute atomic E-state index is 0.0371. The van der Waals surface area contributed by atoms with Crippen molar-refractivity contribution in [3.8, 4) is 0 Å². The summed E-state index contributed by atoms with van der Waals surface area (Å²) in [5.41, 5.74) is -0.819. The molecule has 20 heavy (non-hydrogen) atoms. The average Bonchev–Trinajstić information content (AvgIpc) is 2.79. The zero-order valence-electron chi connectivity index (χ0n) is 13.3. The van der Waals surface area contributed by atoms with Crippen molar-refractivity contribution in [1.29, 1.82) is 0 Å². The van der Waals surface area contributed by atoms with Gasteiger partial charge in [0.25, 0.3) is 0 Å². The summed E-state index contributed by atoms with van der Waals surface area (Å²) in [6.07, 6.45) is 5.67. The van der Waals surface area contributed by atoms with Crippen molar-refractivity contribution in [1.82, 2.24) is 10.2 Å². The summed E-state index contributed by atoms with van der Waals surface area (Å²) in [6, 6.07) is -0.340. The van der Waals surface area contributed by atoms with Gasteiger partial charge in [-0.15, -0.1) is 0 Å². The molecule has 0 radical (unpaired) electrons. The molecule has 0 aromatic rings. The van der Waals surface area contributed by atoms with Gasteiger partial charge in [-0.3, -0.25) is 9.59 Å². The molecule has 1 spiro atoms. The summed E-state index contributed by atoms with van der Waals surface area (Å²) in [4.78, 5) is 27.5. The Bertz CT molecular complexity index is 392. The van der Waals surface area contributed by atoms with E-state index in [1.807, 2.05) is 25.7 Å². The van der Waals surface area contributed by atoms with Gasteiger partial charge in [0.2, 0.25) is 11.8 Å². The van der Waals surface area contributed by atoms with Crippen molar-refractivity contribution in [2.75, 3.05) is 6.54 Å². The second-order valence-corrected chi connectivity index (χ2v) is 7.40. The van der Waals surface area contributed by atoms with Gasteiger partial charge in [-0.1, -0.05) is 47.0 Å². The molecule has 1 heterocycles. The van der Waals surface area contributed by atoms with Gasteiger partial charge in [0.1, 0.15) is 11.6 Å². The van der Waals surface area contributed by atoms with Crippen LogP contribution in [-0.4, -0.2) is 34.8 Å². The van der Waals surface area contributed by atoms with Gasteiger partial charge in [-0.05, 0) is 24.7 Å². The van der Waals surface area contributed by atoms with Crippen LogP contribution in [0.1, 0.15) is 66.2 Å². The van der Waals surface area contributed by atoms with Crippen LogP contribution in [0.3, 0.4) is 0 Å². The molecule has 4 heteroatoms. The number of carbonyl (C=O) groups is 2. The van der Waals surface area contributed by atoms with E-state index in [1.165, 1.54) is 0 Å². The van der Waals surface area contributed by atoms with Crippen LogP contribution in [0.25, 0.3) is 0 Å². The Morgan fingerprint density at radius 2 is 1.85 bits per heavy atom. The van der Waals surface area contributed by atoms with Gasteiger partial charge in [0, 0.05) is 6.54 Å². The molecular formula is C16H28N2O2. The van der Waals surface area contributed by atoms with Crippen LogP contribution in [0.5, 0.6) is 0 Å². The lowest BCUT2D eigenvalue weighted by atomic mass is 9.80. The molecule has 4 nitrogen and oxygen atoms in total. The Kier molecular flexibility index (Phi) is 4.12. The second kappa shape index (κ2) is 5.38. The first kappa shape index (κ1) is 15.3. The van der Waals surface area contributed by atoms with Crippen LogP contribution < -0.4 is 5.32 Å². The number of unbranched alkanes of at least 4 members (excludes halogenated alkanes) is 1. The Balaban J connectivity index is 2.31. The summed E-state index contributed by atoms with van der Waals surface area (Å²) in [6.45, 7) is 8.93. The van der Waals surface area contributed by atoms with Crippen molar-refractivity contribution in [3.63, 3.8) is 0 Å². The van der Waals surface area contributed by atoms with E-state index in [0.717, 1.165) is 38.5 Å². The molecule has 2 aliphatic rings. The maximum atomic E-state index is 13.0. The number of carbonyl (C=O) groups excluding carboxylic acids is 2. The van der Waals surface area contributed by atoms with E-state index in [1.54, 1.807) is 0 Å². The first-order valence-electron chi connectivity index (χ1n) is 7.95. The first-order valence-corrected chi connectivity index (χ1v) is 7.95. The van der Waals surface area contributed by atoms with Gasteiger partial charge in [-0.25, -0.2) is 0 Å². The first-order chi connectivity index (χ1) is 9.32. The quantitative estimate of drug-likeness (QED) is 0.863. The highest BCUT2D eigenvalue weighted by Crippen LogP contribution is 2.38. The van der Waals surface area contributed by atoms with Crippen molar-refractivity contribution in [3.05, 3.63) is 0 Å². The lowest BCUT2D eigenvalue weighted by molar-refractivity contribution is -0.159. The highest BCUT2D eigenvalue weighted by molar-refractivity contribution is 6.00. The normalized spacial score (nSPS) is 26.2. The standard InChI is InChI=1S/C16H28N2O2/c1-5-6-11-18-12(15(2,3)4)13(19)17-16(14(18)20)9-7-8-10-16/h12H,5-11H2,1-4H3,(H,17,19). The topological polar surface area (TPSA) is 49.4 Å². The summed E-state index contributed by atoms with van der Waals surface area (Å²) >= 11 is 0. The van der Waals surface area contributed by atoms with Crippen LogP contribution in [0, 0.1) is 5.41 Å². The Morgan fingerprint density at radius 3 is 2.35 bits per heavy atom. The zero-order chi connectivity index (χ0) is 15.0. The Morgan fingerprint density at radius 1 is 1.25 bits per heavy atom. The fourth-order valence-corrected chi connectivity index (χ4v) is 3.63. The molecule has 1 unspecified atom stereocenters. The van der Waals surface area contributed by atoms with Crippen LogP contribution in [0.15, 0.2) is 0 Å². The largest absolute Gasteiger partial charge is 0.340 e. The molecule has 1 saturated carbocycles. The smallest absolute Gasteiger partial charge is 0.249 e. The number of rotatable bonds is 3. The average molecular weight is 280 g/mol. The van der Waals surface area contributed by atoms with E-state index in [2.05, 4.69) is 12.2 Å². The summed E-state index contributed by atoms with van der Waals surface area (Å²) in [5, 5.41) is 3.07. The number of piperazine rings is 1. The number of hydrogen-bond donors (Lipinski definition) is 1. The summed E-state index contributed by atoms with van der Waals surface area (Å²) in [7, 11) is 0. The van der Waals surface area contributed by atoms with E-state index in [0.29, 0.717) is 6.54 Å². The molecule has 114 valence electrons. The third kappa shape index (κ3) is 2.57. The van der Waals surface area contributed by atoms with Gasteiger partial charge >= 0.3 is 0 Å². The minimum atomic E-state index is -0.591. The van der Waals surface area contributed by atoms with E-state index in [9.17, 15) is 9.59 Å². The summed E-state index contributed by atoms with van der Waals surface area (Å²) in [5.74, 6) is 0.193. The van der Waals surface area contributed by atoms with Gasteiger partial charge in [0.05, 0.1) is 0 Å². The Hall–Kier alpha value is -1.06. The number of nitrogens with one attached hydrogen (secondary N) is 1. The molecule has 0 aromatic heterocycles. The predicted octanol–water partition coefficient (Wildman–Crippen LogP) is 2.47. The Labute approximate surface area is 122 Å². The number of amides is 2. The predicted molar refractivity (Wildman–Crippen MR) is 79.2 cm³/mol. The maximum absolute atomic E-state index is 13.0. The van der Waals surface area contributed by atoms with Crippen LogP contribution in [0.2, 0.25) is 0 Å². The molecule has 1 aliphatic carbocycles. The van der Waals surface area contributed by atoms with Gasteiger partial charge in [0.15, 0.2) is 0 Å². The molecule has 2 fully saturated rings. The molecule has 1 atom stereocenters. The van der Waals surface area contributed by atoms with Crippen LogP contribution in [-0.2, 0) is 9.59 Å². The lowest BCUT2D eigenvalue weighted by Crippen LogP contribution is -2.71. The lowest BCUT2D eigenvalue weighted by Gasteiger charge is -2.48. The van der Waals surface area contributed by atoms with E-state index >= 15 is 0 Å².